The molecular formula is C20H18ClN3O4. The van der Waals surface area contributed by atoms with E-state index < -0.39 is 24.1 Å². The van der Waals surface area contributed by atoms with Gasteiger partial charge in [-0.15, -0.1) is 0 Å². The summed E-state index contributed by atoms with van der Waals surface area (Å²) >= 11 is 6.07. The van der Waals surface area contributed by atoms with E-state index in [0.717, 1.165) is 10.5 Å². The van der Waals surface area contributed by atoms with Crippen molar-refractivity contribution >= 4 is 29.6 Å². The minimum absolute atomic E-state index is 0.0449. The summed E-state index contributed by atoms with van der Waals surface area (Å²) in [6, 6.07) is 12.9. The Hall–Kier alpha value is -3.32. The summed E-state index contributed by atoms with van der Waals surface area (Å²) in [6.45, 7) is 1.61. The fourth-order valence-electron chi connectivity index (χ4n) is 3.02. The Kier molecular flexibility index (Phi) is 5.65. The third-order valence-corrected chi connectivity index (χ3v) is 4.52. The number of esters is 1. The number of urea groups is 2. The highest BCUT2D eigenvalue weighted by molar-refractivity contribution is 6.30. The van der Waals surface area contributed by atoms with Crippen LogP contribution in [0.15, 0.2) is 65.9 Å². The van der Waals surface area contributed by atoms with Gasteiger partial charge in [0, 0.05) is 10.7 Å². The fourth-order valence-corrected chi connectivity index (χ4v) is 3.22. The molecule has 2 aromatic carbocycles. The van der Waals surface area contributed by atoms with Crippen LogP contribution in [0, 0.1) is 0 Å². The smallest absolute Gasteiger partial charge is 0.338 e. The maximum Gasteiger partial charge on any atom is 0.338 e. The topological polar surface area (TPSA) is 102 Å². The first-order chi connectivity index (χ1) is 13.4. The van der Waals surface area contributed by atoms with E-state index in [-0.39, 0.29) is 17.9 Å². The molecule has 3 rings (SSSR count). The van der Waals surface area contributed by atoms with Gasteiger partial charge in [0.1, 0.15) is 12.6 Å². The lowest BCUT2D eigenvalue weighted by Crippen LogP contribution is -2.53. The van der Waals surface area contributed by atoms with Crippen molar-refractivity contribution in [2.24, 2.45) is 5.73 Å². The number of nitrogens with two attached hydrogens (primary N) is 1. The van der Waals surface area contributed by atoms with Crippen LogP contribution in [0.3, 0.4) is 0 Å². The molecule has 0 saturated carbocycles. The second kappa shape index (κ2) is 8.14. The van der Waals surface area contributed by atoms with Gasteiger partial charge in [0.2, 0.25) is 0 Å². The van der Waals surface area contributed by atoms with Crippen LogP contribution in [0.5, 0.6) is 0 Å². The van der Waals surface area contributed by atoms with Gasteiger partial charge in [-0.2, -0.15) is 0 Å². The Labute approximate surface area is 166 Å². The number of hydrogen-bond acceptors (Lipinski definition) is 4. The molecule has 0 saturated heterocycles. The van der Waals surface area contributed by atoms with Crippen molar-refractivity contribution in [1.82, 2.24) is 10.2 Å². The molecule has 2 aromatic rings. The lowest BCUT2D eigenvalue weighted by molar-refractivity contribution is -0.141. The van der Waals surface area contributed by atoms with Gasteiger partial charge in [0.05, 0.1) is 5.57 Å². The minimum Gasteiger partial charge on any atom is -0.457 e. The number of rotatable bonds is 4. The number of allylic oxidation sites excluding steroid dienone is 1. The number of carbonyl (C=O) groups excluding carboxylic acids is 3. The summed E-state index contributed by atoms with van der Waals surface area (Å²) in [5.41, 5.74) is 7.08. The van der Waals surface area contributed by atoms with Crippen molar-refractivity contribution in [3.8, 4) is 0 Å². The lowest BCUT2D eigenvalue weighted by atomic mass is 9.94. The van der Waals surface area contributed by atoms with E-state index in [2.05, 4.69) is 5.32 Å². The minimum atomic E-state index is -1.05. The van der Waals surface area contributed by atoms with Crippen LogP contribution in [-0.2, 0) is 16.1 Å². The van der Waals surface area contributed by atoms with Gasteiger partial charge in [-0.05, 0) is 30.2 Å². The number of halogens is 1. The molecule has 0 radical (unpaired) electrons. The third-order valence-electron chi connectivity index (χ3n) is 4.28. The van der Waals surface area contributed by atoms with E-state index in [1.807, 2.05) is 30.3 Å². The molecule has 0 bridgehead atoms. The van der Waals surface area contributed by atoms with Crippen LogP contribution >= 0.6 is 11.6 Å². The highest BCUT2D eigenvalue weighted by atomic mass is 35.5. The Morgan fingerprint density at radius 1 is 1.18 bits per heavy atom. The van der Waals surface area contributed by atoms with Crippen LogP contribution < -0.4 is 11.1 Å². The molecule has 7 nitrogen and oxygen atoms in total. The first-order valence-electron chi connectivity index (χ1n) is 8.45. The molecule has 3 N–H and O–H groups in total. The van der Waals surface area contributed by atoms with E-state index in [1.165, 1.54) is 0 Å². The molecule has 8 heteroatoms. The molecule has 0 aromatic heterocycles. The number of ether oxygens (including phenoxy) is 1. The van der Waals surface area contributed by atoms with Gasteiger partial charge in [-0.25, -0.2) is 19.3 Å². The Balaban J connectivity index is 1.99. The number of benzene rings is 2. The highest BCUT2D eigenvalue weighted by Gasteiger charge is 2.41. The van der Waals surface area contributed by atoms with Crippen molar-refractivity contribution < 1.29 is 19.1 Å². The number of nitrogens with one attached hydrogen (secondary N) is 1. The molecule has 1 aliphatic heterocycles. The van der Waals surface area contributed by atoms with Crippen molar-refractivity contribution in [2.75, 3.05) is 0 Å². The standard InChI is InChI=1S/C20H18ClN3O4/c1-12-16(18(25)28-11-13-6-3-2-4-7-13)17(14-8-5-9-15(21)10-14)24(19(22)26)20(27)23-12/h2-10,17H,11H2,1H3,(H2,22,26)(H,23,27). The Bertz CT molecular complexity index is 959. The number of primary amides is 1. The molecule has 28 heavy (non-hydrogen) atoms. The molecule has 1 heterocycles. The largest absolute Gasteiger partial charge is 0.457 e. The zero-order chi connectivity index (χ0) is 20.3. The average molecular weight is 400 g/mol. The number of hydrogen-bond donors (Lipinski definition) is 2. The molecule has 4 amide bonds. The van der Waals surface area contributed by atoms with Gasteiger partial charge < -0.3 is 15.8 Å². The second-order valence-corrected chi connectivity index (χ2v) is 6.63. The third kappa shape index (κ3) is 3.99. The SMILES string of the molecule is CC1=C(C(=O)OCc2ccccc2)C(c2cccc(Cl)c2)N(C(N)=O)C(=O)N1. The summed E-state index contributed by atoms with van der Waals surface area (Å²) in [4.78, 5) is 38.0. The van der Waals surface area contributed by atoms with Crippen molar-refractivity contribution in [3.63, 3.8) is 0 Å². The fraction of sp³-hybridized carbons (Fsp3) is 0.150. The zero-order valence-electron chi connectivity index (χ0n) is 15.0. The van der Waals surface area contributed by atoms with Crippen LogP contribution in [0.1, 0.15) is 24.1 Å². The Morgan fingerprint density at radius 2 is 1.89 bits per heavy atom. The lowest BCUT2D eigenvalue weighted by Gasteiger charge is -2.35. The van der Waals surface area contributed by atoms with E-state index in [1.54, 1.807) is 31.2 Å². The number of amides is 4. The number of nitrogens with zero attached hydrogens (tertiary/aromatic N) is 1. The van der Waals surface area contributed by atoms with Gasteiger partial charge in [0.25, 0.3) is 0 Å². The summed E-state index contributed by atoms with van der Waals surface area (Å²) < 4.78 is 5.42. The molecule has 0 aliphatic carbocycles. The second-order valence-electron chi connectivity index (χ2n) is 6.20. The molecule has 144 valence electrons. The van der Waals surface area contributed by atoms with Crippen molar-refractivity contribution in [2.45, 2.75) is 19.6 Å². The molecule has 1 aliphatic rings. The highest BCUT2D eigenvalue weighted by Crippen LogP contribution is 2.35. The van der Waals surface area contributed by atoms with Crippen LogP contribution in [0.2, 0.25) is 5.02 Å². The summed E-state index contributed by atoms with van der Waals surface area (Å²) in [7, 11) is 0. The first kappa shape index (κ1) is 19.4. The predicted octanol–water partition coefficient (Wildman–Crippen LogP) is 3.50. The molecule has 0 fully saturated rings. The first-order valence-corrected chi connectivity index (χ1v) is 8.83. The monoisotopic (exact) mass is 399 g/mol. The average Bonchev–Trinajstić information content (AvgIpc) is 2.66. The van der Waals surface area contributed by atoms with Crippen LogP contribution in [0.4, 0.5) is 9.59 Å². The van der Waals surface area contributed by atoms with Gasteiger partial charge in [-0.3, -0.25) is 0 Å². The quantitative estimate of drug-likeness (QED) is 0.768. The molecule has 1 atom stereocenters. The number of imide groups is 1. The zero-order valence-corrected chi connectivity index (χ0v) is 15.8. The molecule has 0 spiro atoms. The Morgan fingerprint density at radius 3 is 2.54 bits per heavy atom. The maximum atomic E-state index is 12.9. The molecule has 1 unspecified atom stereocenters. The van der Waals surface area contributed by atoms with Gasteiger partial charge in [-0.1, -0.05) is 54.1 Å². The summed E-state index contributed by atoms with van der Waals surface area (Å²) in [5.74, 6) is -0.669. The van der Waals surface area contributed by atoms with Crippen LogP contribution in [0.25, 0.3) is 0 Å². The summed E-state index contributed by atoms with van der Waals surface area (Å²) in [6.07, 6.45) is 0. The van der Waals surface area contributed by atoms with Gasteiger partial charge in [0.15, 0.2) is 0 Å². The van der Waals surface area contributed by atoms with Crippen molar-refractivity contribution in [1.29, 1.82) is 0 Å². The van der Waals surface area contributed by atoms with Crippen LogP contribution in [-0.4, -0.2) is 22.9 Å². The summed E-state index contributed by atoms with van der Waals surface area (Å²) in [5, 5.41) is 2.88. The van der Waals surface area contributed by atoms with Crippen molar-refractivity contribution in [3.05, 3.63) is 82.0 Å². The van der Waals surface area contributed by atoms with E-state index >= 15 is 0 Å². The predicted molar refractivity (Wildman–Crippen MR) is 103 cm³/mol. The van der Waals surface area contributed by atoms with E-state index in [4.69, 9.17) is 22.1 Å². The van der Waals surface area contributed by atoms with E-state index in [0.29, 0.717) is 10.6 Å². The normalized spacial score (nSPS) is 16.6. The molecular weight excluding hydrogens is 382 g/mol. The van der Waals surface area contributed by atoms with E-state index in [9.17, 15) is 14.4 Å². The maximum absolute atomic E-state index is 12.9. The number of carbonyl (C=O) groups is 3. The van der Waals surface area contributed by atoms with Gasteiger partial charge >= 0.3 is 18.0 Å².